The number of rotatable bonds is 6. The monoisotopic (exact) mass is 215 g/mol. The van der Waals surface area contributed by atoms with Crippen molar-refractivity contribution in [3.8, 4) is 5.88 Å². The van der Waals surface area contributed by atoms with Gasteiger partial charge in [-0.25, -0.2) is 0 Å². The number of aromatic nitrogens is 3. The summed E-state index contributed by atoms with van der Waals surface area (Å²) in [6.45, 7) is 2.84. The molecule has 1 heterocycles. The van der Waals surface area contributed by atoms with Crippen LogP contribution in [0.3, 0.4) is 0 Å². The molecule has 0 atom stereocenters. The van der Waals surface area contributed by atoms with Crippen molar-refractivity contribution in [2.75, 3.05) is 6.61 Å². The SMILES string of the molecule is CCCCCCOc1cnnc(Cl)n1. The summed E-state index contributed by atoms with van der Waals surface area (Å²) in [5.74, 6) is 0.446. The number of nitrogens with zero attached hydrogens (tertiary/aromatic N) is 3. The van der Waals surface area contributed by atoms with E-state index in [2.05, 4.69) is 22.1 Å². The van der Waals surface area contributed by atoms with Crippen LogP contribution in [0.2, 0.25) is 5.28 Å². The molecule has 0 saturated carbocycles. The van der Waals surface area contributed by atoms with E-state index < -0.39 is 0 Å². The minimum Gasteiger partial charge on any atom is -0.476 e. The molecule has 0 aliphatic carbocycles. The van der Waals surface area contributed by atoms with Crippen LogP contribution >= 0.6 is 11.6 Å². The maximum absolute atomic E-state index is 5.54. The first-order valence-corrected chi connectivity index (χ1v) is 5.18. The van der Waals surface area contributed by atoms with Crippen LogP contribution in [0.1, 0.15) is 32.6 Å². The number of unbranched alkanes of at least 4 members (excludes halogenated alkanes) is 3. The van der Waals surface area contributed by atoms with Crippen molar-refractivity contribution in [1.82, 2.24) is 15.2 Å². The van der Waals surface area contributed by atoms with E-state index in [9.17, 15) is 0 Å². The Bertz CT molecular complexity index is 270. The fourth-order valence-electron chi connectivity index (χ4n) is 1.04. The Labute approximate surface area is 88.7 Å². The summed E-state index contributed by atoms with van der Waals surface area (Å²) in [7, 11) is 0. The minimum atomic E-state index is 0.121. The molecule has 0 spiro atoms. The quantitative estimate of drug-likeness (QED) is 0.684. The number of ether oxygens (including phenoxy) is 1. The van der Waals surface area contributed by atoms with Crippen LogP contribution < -0.4 is 4.74 Å². The topological polar surface area (TPSA) is 47.9 Å². The second-order valence-corrected chi connectivity index (χ2v) is 3.31. The van der Waals surface area contributed by atoms with E-state index in [0.29, 0.717) is 12.5 Å². The highest BCUT2D eigenvalue weighted by atomic mass is 35.5. The molecular weight excluding hydrogens is 202 g/mol. The normalized spacial score (nSPS) is 10.1. The third-order valence-electron chi connectivity index (χ3n) is 1.76. The van der Waals surface area contributed by atoms with Crippen molar-refractivity contribution < 1.29 is 4.74 Å². The highest BCUT2D eigenvalue weighted by Gasteiger charge is 1.97. The third-order valence-corrected chi connectivity index (χ3v) is 1.92. The average molecular weight is 216 g/mol. The second kappa shape index (κ2) is 6.54. The van der Waals surface area contributed by atoms with Crippen LogP contribution in [0.5, 0.6) is 5.88 Å². The van der Waals surface area contributed by atoms with Gasteiger partial charge in [-0.15, -0.1) is 5.10 Å². The molecule has 0 bridgehead atoms. The van der Waals surface area contributed by atoms with Gasteiger partial charge in [-0.05, 0) is 18.0 Å². The molecular formula is C9H14ClN3O. The lowest BCUT2D eigenvalue weighted by molar-refractivity contribution is 0.291. The van der Waals surface area contributed by atoms with E-state index in [1.165, 1.54) is 25.5 Å². The fourth-order valence-corrected chi connectivity index (χ4v) is 1.17. The zero-order chi connectivity index (χ0) is 10.2. The van der Waals surface area contributed by atoms with Crippen molar-refractivity contribution >= 4 is 11.6 Å². The molecule has 0 unspecified atom stereocenters. The smallest absolute Gasteiger partial charge is 0.246 e. The van der Waals surface area contributed by atoms with Gasteiger partial charge < -0.3 is 4.74 Å². The molecule has 14 heavy (non-hydrogen) atoms. The van der Waals surface area contributed by atoms with E-state index in [0.717, 1.165) is 6.42 Å². The summed E-state index contributed by atoms with van der Waals surface area (Å²) < 4.78 is 5.34. The Morgan fingerprint density at radius 3 is 2.93 bits per heavy atom. The Morgan fingerprint density at radius 1 is 1.36 bits per heavy atom. The first-order chi connectivity index (χ1) is 6.83. The Kier molecular flexibility index (Phi) is 5.22. The number of halogens is 1. The molecule has 0 radical (unpaired) electrons. The lowest BCUT2D eigenvalue weighted by Gasteiger charge is -2.03. The minimum absolute atomic E-state index is 0.121. The van der Waals surface area contributed by atoms with Gasteiger partial charge in [-0.3, -0.25) is 0 Å². The zero-order valence-corrected chi connectivity index (χ0v) is 9.00. The van der Waals surface area contributed by atoms with Gasteiger partial charge in [-0.1, -0.05) is 26.2 Å². The van der Waals surface area contributed by atoms with Crippen molar-refractivity contribution in [3.63, 3.8) is 0 Å². The molecule has 5 heteroatoms. The van der Waals surface area contributed by atoms with Gasteiger partial charge in [0.05, 0.1) is 6.61 Å². The largest absolute Gasteiger partial charge is 0.476 e. The number of hydrogen-bond donors (Lipinski definition) is 0. The van der Waals surface area contributed by atoms with Gasteiger partial charge in [0.2, 0.25) is 11.2 Å². The fraction of sp³-hybridized carbons (Fsp3) is 0.667. The highest BCUT2D eigenvalue weighted by Crippen LogP contribution is 2.07. The van der Waals surface area contributed by atoms with Crippen LogP contribution in [0.15, 0.2) is 6.20 Å². The van der Waals surface area contributed by atoms with Crippen LogP contribution in [0, 0.1) is 0 Å². The van der Waals surface area contributed by atoms with Crippen molar-refractivity contribution in [3.05, 3.63) is 11.5 Å². The van der Waals surface area contributed by atoms with Crippen LogP contribution in [0.4, 0.5) is 0 Å². The van der Waals surface area contributed by atoms with Crippen LogP contribution in [0.25, 0.3) is 0 Å². The maximum Gasteiger partial charge on any atom is 0.246 e. The van der Waals surface area contributed by atoms with Crippen LogP contribution in [-0.4, -0.2) is 21.8 Å². The second-order valence-electron chi connectivity index (χ2n) is 2.97. The Balaban J connectivity index is 2.18. The zero-order valence-electron chi connectivity index (χ0n) is 8.24. The van der Waals surface area contributed by atoms with Crippen molar-refractivity contribution in [2.45, 2.75) is 32.6 Å². The summed E-state index contributed by atoms with van der Waals surface area (Å²) >= 11 is 5.54. The van der Waals surface area contributed by atoms with Crippen molar-refractivity contribution in [1.29, 1.82) is 0 Å². The van der Waals surface area contributed by atoms with Gasteiger partial charge in [0.15, 0.2) is 0 Å². The van der Waals surface area contributed by atoms with Gasteiger partial charge in [0, 0.05) is 0 Å². The molecule has 0 aliphatic rings. The van der Waals surface area contributed by atoms with Crippen LogP contribution in [-0.2, 0) is 0 Å². The molecule has 1 rings (SSSR count). The lowest BCUT2D eigenvalue weighted by Crippen LogP contribution is -2.00. The summed E-state index contributed by atoms with van der Waals surface area (Å²) in [6, 6.07) is 0. The summed E-state index contributed by atoms with van der Waals surface area (Å²) in [6.07, 6.45) is 6.15. The first kappa shape index (κ1) is 11.2. The highest BCUT2D eigenvalue weighted by molar-refractivity contribution is 6.28. The van der Waals surface area contributed by atoms with Gasteiger partial charge in [0.25, 0.3) is 0 Å². The Hall–Kier alpha value is -0.900. The van der Waals surface area contributed by atoms with Gasteiger partial charge >= 0.3 is 0 Å². The summed E-state index contributed by atoms with van der Waals surface area (Å²) in [5, 5.41) is 7.27. The van der Waals surface area contributed by atoms with E-state index >= 15 is 0 Å². The summed E-state index contributed by atoms with van der Waals surface area (Å²) in [4.78, 5) is 3.86. The molecule has 78 valence electrons. The van der Waals surface area contributed by atoms with E-state index in [-0.39, 0.29) is 5.28 Å². The van der Waals surface area contributed by atoms with Crippen molar-refractivity contribution in [2.24, 2.45) is 0 Å². The molecule has 0 fully saturated rings. The predicted molar refractivity (Wildman–Crippen MR) is 54.5 cm³/mol. The molecule has 0 aliphatic heterocycles. The Morgan fingerprint density at radius 2 is 2.21 bits per heavy atom. The molecule has 0 N–H and O–H groups in total. The van der Waals surface area contributed by atoms with E-state index in [1.54, 1.807) is 0 Å². The molecule has 1 aromatic rings. The maximum atomic E-state index is 5.54. The lowest BCUT2D eigenvalue weighted by atomic mass is 10.2. The van der Waals surface area contributed by atoms with E-state index in [1.807, 2.05) is 0 Å². The first-order valence-electron chi connectivity index (χ1n) is 4.81. The molecule has 0 saturated heterocycles. The molecule has 4 nitrogen and oxygen atoms in total. The molecule has 0 amide bonds. The summed E-state index contributed by atoms with van der Waals surface area (Å²) in [5.41, 5.74) is 0. The average Bonchev–Trinajstić information content (AvgIpc) is 2.18. The predicted octanol–water partition coefficient (Wildman–Crippen LogP) is 2.48. The third kappa shape index (κ3) is 4.37. The van der Waals surface area contributed by atoms with Gasteiger partial charge in [0.1, 0.15) is 6.20 Å². The van der Waals surface area contributed by atoms with Gasteiger partial charge in [-0.2, -0.15) is 10.1 Å². The molecule has 1 aromatic heterocycles. The van der Waals surface area contributed by atoms with E-state index in [4.69, 9.17) is 16.3 Å². The molecule has 0 aromatic carbocycles. The number of hydrogen-bond acceptors (Lipinski definition) is 4. The standard InChI is InChI=1S/C9H14ClN3O/c1-2-3-4-5-6-14-8-7-11-13-9(10)12-8/h7H,2-6H2,1H3.